The van der Waals surface area contributed by atoms with Crippen molar-refractivity contribution in [1.82, 2.24) is 19.1 Å². The van der Waals surface area contributed by atoms with Gasteiger partial charge in [-0.3, -0.25) is 13.9 Å². The first-order valence-corrected chi connectivity index (χ1v) is 9.46. The molecule has 0 aromatic carbocycles. The highest BCUT2D eigenvalue weighted by Gasteiger charge is 2.48. The lowest BCUT2D eigenvalue weighted by Gasteiger charge is -2.19. The van der Waals surface area contributed by atoms with Crippen molar-refractivity contribution in [2.45, 2.75) is 75.1 Å². The van der Waals surface area contributed by atoms with E-state index in [0.29, 0.717) is 0 Å². The third kappa shape index (κ3) is 3.14. The Kier molecular flexibility index (Phi) is 5.40. The van der Waals surface area contributed by atoms with E-state index in [-0.39, 0.29) is 11.2 Å². The maximum atomic E-state index is 12.9. The standard InChI is InChI=1S/C17H24N4O9/c1-5(22)12-8(24)10(26)16(29-12)20-3-18-7-14(20)19-4-21(15(7)28)17-11(27)9(25)13(30-17)6(2)23/h3-6,8-13,16-17,22-27H,1-2H3. The van der Waals surface area contributed by atoms with Crippen LogP contribution in [0.5, 0.6) is 0 Å². The van der Waals surface area contributed by atoms with Crippen LogP contribution in [0.25, 0.3) is 11.2 Å². The second kappa shape index (κ2) is 7.62. The Morgan fingerprint density at radius 3 is 1.77 bits per heavy atom. The van der Waals surface area contributed by atoms with Gasteiger partial charge in [0.15, 0.2) is 23.6 Å². The van der Waals surface area contributed by atoms with Crippen LogP contribution in [0.15, 0.2) is 17.4 Å². The summed E-state index contributed by atoms with van der Waals surface area (Å²) in [7, 11) is 0. The van der Waals surface area contributed by atoms with Crippen LogP contribution in [0, 0.1) is 0 Å². The van der Waals surface area contributed by atoms with Gasteiger partial charge in [0, 0.05) is 0 Å². The Balaban J connectivity index is 1.69. The van der Waals surface area contributed by atoms with E-state index in [1.54, 1.807) is 0 Å². The molecule has 10 atom stereocenters. The molecule has 2 aliphatic rings. The zero-order valence-electron chi connectivity index (χ0n) is 16.1. The molecule has 13 heteroatoms. The van der Waals surface area contributed by atoms with Crippen LogP contribution < -0.4 is 5.56 Å². The number of aromatic nitrogens is 4. The normalized spacial score (nSPS) is 38.9. The maximum absolute atomic E-state index is 12.9. The summed E-state index contributed by atoms with van der Waals surface area (Å²) in [4.78, 5) is 21.1. The van der Waals surface area contributed by atoms with Gasteiger partial charge in [-0.05, 0) is 13.8 Å². The molecule has 2 aromatic heterocycles. The van der Waals surface area contributed by atoms with Crippen LogP contribution in [0.3, 0.4) is 0 Å². The SMILES string of the molecule is CC(O)C1OC(n2cnc3c(ncn3C3OC(C(C)O)C(O)C3O)c2=O)C(O)C1O. The van der Waals surface area contributed by atoms with Gasteiger partial charge in [-0.25, -0.2) is 9.97 Å². The molecule has 2 aromatic rings. The average Bonchev–Trinajstić information content (AvgIpc) is 3.33. The van der Waals surface area contributed by atoms with Gasteiger partial charge >= 0.3 is 0 Å². The van der Waals surface area contributed by atoms with Gasteiger partial charge in [0.05, 0.1) is 18.5 Å². The number of fused-ring (bicyclic) bond motifs is 1. The molecular formula is C17H24N4O9. The molecule has 10 unspecified atom stereocenters. The number of hydrogen-bond acceptors (Lipinski definition) is 11. The van der Waals surface area contributed by atoms with E-state index in [1.807, 2.05) is 0 Å². The molecule has 0 spiro atoms. The third-order valence-corrected chi connectivity index (χ3v) is 5.56. The van der Waals surface area contributed by atoms with Crippen LogP contribution >= 0.6 is 0 Å². The molecule has 0 radical (unpaired) electrons. The number of aliphatic hydroxyl groups is 6. The summed E-state index contributed by atoms with van der Waals surface area (Å²) in [5.74, 6) is 0. The lowest BCUT2D eigenvalue weighted by Crippen LogP contribution is -2.37. The van der Waals surface area contributed by atoms with Crippen LogP contribution in [0.4, 0.5) is 0 Å². The highest BCUT2D eigenvalue weighted by molar-refractivity contribution is 5.69. The van der Waals surface area contributed by atoms with Gasteiger partial charge in [0.2, 0.25) is 0 Å². The van der Waals surface area contributed by atoms with Crippen molar-refractivity contribution < 1.29 is 40.1 Å². The Morgan fingerprint density at radius 2 is 1.30 bits per heavy atom. The summed E-state index contributed by atoms with van der Waals surface area (Å²) in [6.07, 6.45) is -10.0. The minimum Gasteiger partial charge on any atom is -0.391 e. The topological polar surface area (TPSA) is 193 Å². The lowest BCUT2D eigenvalue weighted by atomic mass is 10.1. The summed E-state index contributed by atoms with van der Waals surface area (Å²) in [6.45, 7) is 2.80. The quantitative estimate of drug-likeness (QED) is 0.284. The van der Waals surface area contributed by atoms with Crippen molar-refractivity contribution in [2.75, 3.05) is 0 Å². The van der Waals surface area contributed by atoms with Gasteiger partial charge < -0.3 is 40.1 Å². The molecule has 166 valence electrons. The molecule has 0 saturated carbocycles. The minimum atomic E-state index is -1.48. The van der Waals surface area contributed by atoms with E-state index < -0.39 is 66.8 Å². The monoisotopic (exact) mass is 428 g/mol. The zero-order chi connectivity index (χ0) is 21.9. The summed E-state index contributed by atoms with van der Waals surface area (Å²) < 4.78 is 13.2. The number of nitrogens with zero attached hydrogens (tertiary/aromatic N) is 4. The molecule has 13 nitrogen and oxygen atoms in total. The van der Waals surface area contributed by atoms with Crippen molar-refractivity contribution >= 4 is 11.2 Å². The Labute approximate surface area is 169 Å². The maximum Gasteiger partial charge on any atom is 0.283 e. The van der Waals surface area contributed by atoms with Crippen molar-refractivity contribution in [1.29, 1.82) is 0 Å². The van der Waals surface area contributed by atoms with Gasteiger partial charge in [-0.2, -0.15) is 0 Å². The summed E-state index contributed by atoms with van der Waals surface area (Å²) in [5.41, 5.74) is -0.783. The predicted molar refractivity (Wildman–Crippen MR) is 97.0 cm³/mol. The van der Waals surface area contributed by atoms with Crippen LogP contribution in [-0.4, -0.2) is 98.6 Å². The van der Waals surface area contributed by atoms with E-state index in [1.165, 1.54) is 24.7 Å². The Morgan fingerprint density at radius 1 is 0.833 bits per heavy atom. The highest BCUT2D eigenvalue weighted by atomic mass is 16.6. The average molecular weight is 428 g/mol. The molecule has 4 heterocycles. The van der Waals surface area contributed by atoms with Gasteiger partial charge in [-0.1, -0.05) is 0 Å². The van der Waals surface area contributed by atoms with Gasteiger partial charge in [0.25, 0.3) is 5.56 Å². The van der Waals surface area contributed by atoms with E-state index in [9.17, 15) is 35.4 Å². The highest BCUT2D eigenvalue weighted by Crippen LogP contribution is 2.33. The predicted octanol–water partition coefficient (Wildman–Crippen LogP) is -3.41. The molecular weight excluding hydrogens is 404 g/mol. The molecule has 2 fully saturated rings. The van der Waals surface area contributed by atoms with Crippen LogP contribution in [0.2, 0.25) is 0 Å². The molecule has 4 rings (SSSR count). The van der Waals surface area contributed by atoms with E-state index in [4.69, 9.17) is 9.47 Å². The fourth-order valence-electron chi connectivity index (χ4n) is 3.92. The third-order valence-electron chi connectivity index (χ3n) is 5.56. The second-order valence-electron chi connectivity index (χ2n) is 7.71. The lowest BCUT2D eigenvalue weighted by molar-refractivity contribution is -0.0803. The van der Waals surface area contributed by atoms with Gasteiger partial charge in [-0.15, -0.1) is 0 Å². The molecule has 6 N–H and O–H groups in total. The number of ether oxygens (including phenoxy) is 2. The zero-order valence-corrected chi connectivity index (χ0v) is 16.1. The van der Waals surface area contributed by atoms with E-state index >= 15 is 0 Å². The molecule has 0 bridgehead atoms. The van der Waals surface area contributed by atoms with E-state index in [0.717, 1.165) is 10.9 Å². The minimum absolute atomic E-state index is 0.0406. The fourth-order valence-corrected chi connectivity index (χ4v) is 3.92. The van der Waals surface area contributed by atoms with Crippen molar-refractivity contribution in [3.8, 4) is 0 Å². The van der Waals surface area contributed by atoms with E-state index in [2.05, 4.69) is 9.97 Å². The van der Waals surface area contributed by atoms with Crippen LogP contribution in [0.1, 0.15) is 26.3 Å². The molecule has 0 aliphatic carbocycles. The van der Waals surface area contributed by atoms with Crippen molar-refractivity contribution in [2.24, 2.45) is 0 Å². The van der Waals surface area contributed by atoms with Gasteiger partial charge in [0.1, 0.15) is 43.0 Å². The van der Waals surface area contributed by atoms with Crippen molar-refractivity contribution in [3.05, 3.63) is 23.0 Å². The number of rotatable bonds is 4. The Hall–Kier alpha value is -1.97. The van der Waals surface area contributed by atoms with Crippen LogP contribution in [-0.2, 0) is 9.47 Å². The first-order valence-electron chi connectivity index (χ1n) is 9.46. The molecule has 30 heavy (non-hydrogen) atoms. The first-order chi connectivity index (χ1) is 14.1. The number of aliphatic hydroxyl groups excluding tert-OH is 6. The van der Waals surface area contributed by atoms with Crippen molar-refractivity contribution in [3.63, 3.8) is 0 Å². The molecule has 2 aliphatic heterocycles. The number of imidazole rings is 1. The summed E-state index contributed by atoms with van der Waals surface area (Å²) >= 11 is 0. The smallest absolute Gasteiger partial charge is 0.283 e. The Bertz CT molecular complexity index is 976. The number of hydrogen-bond donors (Lipinski definition) is 6. The fraction of sp³-hybridized carbons (Fsp3) is 0.706. The second-order valence-corrected chi connectivity index (χ2v) is 7.71. The molecule has 2 saturated heterocycles. The summed E-state index contributed by atoms with van der Waals surface area (Å²) in [5, 5.41) is 60.1. The largest absolute Gasteiger partial charge is 0.391 e. The summed E-state index contributed by atoms with van der Waals surface area (Å²) in [6, 6.07) is 0. The molecule has 0 amide bonds. The first kappa shape index (κ1) is 21.3.